The van der Waals surface area contributed by atoms with E-state index in [1.165, 1.54) is 32.1 Å². The molecule has 1 aliphatic rings. The van der Waals surface area contributed by atoms with Crippen molar-refractivity contribution < 1.29 is 0 Å². The smallest absolute Gasteiger partial charge is 0.125 e. The number of rotatable bonds is 6. The summed E-state index contributed by atoms with van der Waals surface area (Å²) >= 11 is 4.94. The lowest BCUT2D eigenvalue weighted by Gasteiger charge is -2.31. The van der Waals surface area contributed by atoms with Crippen LogP contribution in [0.2, 0.25) is 0 Å². The predicted octanol–water partition coefficient (Wildman–Crippen LogP) is 3.73. The molecule has 0 aromatic carbocycles. The first-order chi connectivity index (χ1) is 9.51. The van der Waals surface area contributed by atoms with Crippen molar-refractivity contribution in [2.45, 2.75) is 46.0 Å². The number of pyridine rings is 1. The minimum Gasteiger partial charge on any atom is -0.389 e. The normalized spacial score (nSPS) is 17.4. The summed E-state index contributed by atoms with van der Waals surface area (Å²) < 4.78 is 0. The molecule has 1 aromatic heterocycles. The summed E-state index contributed by atoms with van der Waals surface area (Å²) in [7, 11) is 0. The van der Waals surface area contributed by atoms with Crippen molar-refractivity contribution in [2.75, 3.05) is 11.9 Å². The SMILES string of the molecule is CC(C)CC1(CNc2ccc(C(N)=S)cn2)CCCC1. The van der Waals surface area contributed by atoms with Crippen molar-refractivity contribution in [1.29, 1.82) is 0 Å². The molecule has 0 spiro atoms. The number of hydrogen-bond acceptors (Lipinski definition) is 3. The molecule has 1 aliphatic carbocycles. The summed E-state index contributed by atoms with van der Waals surface area (Å²) in [6.07, 6.45) is 8.44. The molecule has 0 aliphatic heterocycles. The monoisotopic (exact) mass is 291 g/mol. The van der Waals surface area contributed by atoms with Gasteiger partial charge in [-0.05, 0) is 42.7 Å². The zero-order chi connectivity index (χ0) is 14.6. The van der Waals surface area contributed by atoms with Gasteiger partial charge in [-0.3, -0.25) is 0 Å². The van der Waals surface area contributed by atoms with Gasteiger partial charge in [0.15, 0.2) is 0 Å². The fourth-order valence-electron chi connectivity index (χ4n) is 3.37. The van der Waals surface area contributed by atoms with Crippen LogP contribution in [0.3, 0.4) is 0 Å². The van der Waals surface area contributed by atoms with Gasteiger partial charge in [-0.2, -0.15) is 0 Å². The topological polar surface area (TPSA) is 50.9 Å². The highest BCUT2D eigenvalue weighted by molar-refractivity contribution is 7.80. The van der Waals surface area contributed by atoms with Crippen LogP contribution in [0.5, 0.6) is 0 Å². The van der Waals surface area contributed by atoms with Crippen LogP contribution in [0, 0.1) is 11.3 Å². The van der Waals surface area contributed by atoms with E-state index in [1.807, 2.05) is 12.1 Å². The molecule has 0 radical (unpaired) electrons. The number of aromatic nitrogens is 1. The van der Waals surface area contributed by atoms with Crippen LogP contribution in [0.1, 0.15) is 51.5 Å². The number of anilines is 1. The molecular weight excluding hydrogens is 266 g/mol. The Labute approximate surface area is 127 Å². The second-order valence-corrected chi connectivity index (χ2v) is 6.89. The van der Waals surface area contributed by atoms with Gasteiger partial charge in [0, 0.05) is 18.3 Å². The molecule has 0 unspecified atom stereocenters. The third-order valence-electron chi connectivity index (χ3n) is 4.20. The van der Waals surface area contributed by atoms with E-state index in [0.717, 1.165) is 23.8 Å². The Morgan fingerprint density at radius 1 is 1.40 bits per heavy atom. The zero-order valence-corrected chi connectivity index (χ0v) is 13.3. The number of thiocarbonyl (C=S) groups is 1. The lowest BCUT2D eigenvalue weighted by molar-refractivity contribution is 0.252. The molecule has 1 aromatic rings. The Morgan fingerprint density at radius 2 is 2.10 bits per heavy atom. The third kappa shape index (κ3) is 3.92. The average molecular weight is 291 g/mol. The van der Waals surface area contributed by atoms with Crippen molar-refractivity contribution in [3.63, 3.8) is 0 Å². The summed E-state index contributed by atoms with van der Waals surface area (Å²) in [5.74, 6) is 1.67. The molecule has 1 fully saturated rings. The van der Waals surface area contributed by atoms with E-state index >= 15 is 0 Å². The Bertz CT molecular complexity index is 447. The molecule has 0 amide bonds. The van der Waals surface area contributed by atoms with Gasteiger partial charge in [-0.1, -0.05) is 38.9 Å². The molecule has 0 atom stereocenters. The molecular formula is C16H25N3S. The second-order valence-electron chi connectivity index (χ2n) is 6.45. The van der Waals surface area contributed by atoms with Gasteiger partial charge in [0.2, 0.25) is 0 Å². The van der Waals surface area contributed by atoms with Crippen molar-refractivity contribution in [2.24, 2.45) is 17.1 Å². The standard InChI is InChI=1S/C16H25N3S/c1-12(2)9-16(7-3-4-8-16)11-19-14-6-5-13(10-18-14)15(17)20/h5-6,10,12H,3-4,7-9,11H2,1-2H3,(H2,17,20)(H,18,19). The van der Waals surface area contributed by atoms with Crippen LogP contribution in [0.4, 0.5) is 5.82 Å². The summed E-state index contributed by atoms with van der Waals surface area (Å²) in [6.45, 7) is 5.65. The van der Waals surface area contributed by atoms with Crippen LogP contribution in [-0.4, -0.2) is 16.5 Å². The van der Waals surface area contributed by atoms with Gasteiger partial charge in [0.25, 0.3) is 0 Å². The third-order valence-corrected chi connectivity index (χ3v) is 4.43. The molecule has 3 N–H and O–H groups in total. The van der Waals surface area contributed by atoms with Crippen molar-refractivity contribution >= 4 is 23.0 Å². The Kier molecular flexibility index (Phi) is 4.97. The summed E-state index contributed by atoms with van der Waals surface area (Å²) in [5.41, 5.74) is 6.86. The second kappa shape index (κ2) is 6.53. The van der Waals surface area contributed by atoms with E-state index in [-0.39, 0.29) is 0 Å². The molecule has 110 valence electrons. The lowest BCUT2D eigenvalue weighted by atomic mass is 9.78. The first-order valence-electron chi connectivity index (χ1n) is 7.50. The van der Waals surface area contributed by atoms with Gasteiger partial charge in [-0.15, -0.1) is 0 Å². The van der Waals surface area contributed by atoms with Crippen molar-refractivity contribution in [3.8, 4) is 0 Å². The van der Waals surface area contributed by atoms with E-state index in [4.69, 9.17) is 18.0 Å². The molecule has 1 saturated carbocycles. The van der Waals surface area contributed by atoms with Gasteiger partial charge >= 0.3 is 0 Å². The Morgan fingerprint density at radius 3 is 2.60 bits per heavy atom. The lowest BCUT2D eigenvalue weighted by Crippen LogP contribution is -2.28. The van der Waals surface area contributed by atoms with Crippen LogP contribution in [0.25, 0.3) is 0 Å². The van der Waals surface area contributed by atoms with E-state index in [2.05, 4.69) is 24.1 Å². The van der Waals surface area contributed by atoms with Crippen molar-refractivity contribution in [3.05, 3.63) is 23.9 Å². The maximum absolute atomic E-state index is 5.58. The molecule has 2 rings (SSSR count). The maximum Gasteiger partial charge on any atom is 0.125 e. The van der Waals surface area contributed by atoms with E-state index in [9.17, 15) is 0 Å². The molecule has 4 heteroatoms. The highest BCUT2D eigenvalue weighted by atomic mass is 32.1. The summed E-state index contributed by atoms with van der Waals surface area (Å²) in [5, 5.41) is 3.50. The molecule has 0 saturated heterocycles. The average Bonchev–Trinajstić information content (AvgIpc) is 2.85. The first-order valence-corrected chi connectivity index (χ1v) is 7.91. The van der Waals surface area contributed by atoms with Gasteiger partial charge < -0.3 is 11.1 Å². The quantitative estimate of drug-likeness (QED) is 0.784. The number of hydrogen-bond donors (Lipinski definition) is 2. The minimum absolute atomic E-state index is 0.399. The molecule has 20 heavy (non-hydrogen) atoms. The summed E-state index contributed by atoms with van der Waals surface area (Å²) in [4.78, 5) is 4.79. The van der Waals surface area contributed by atoms with Gasteiger partial charge in [0.1, 0.15) is 10.8 Å². The van der Waals surface area contributed by atoms with Crippen LogP contribution < -0.4 is 11.1 Å². The molecule has 0 bridgehead atoms. The largest absolute Gasteiger partial charge is 0.389 e. The first kappa shape index (κ1) is 15.2. The Hall–Kier alpha value is -1.16. The number of nitrogens with two attached hydrogens (primary N) is 1. The van der Waals surface area contributed by atoms with Gasteiger partial charge in [0.05, 0.1) is 0 Å². The highest BCUT2D eigenvalue weighted by Crippen LogP contribution is 2.43. The Balaban J connectivity index is 1.97. The zero-order valence-electron chi connectivity index (χ0n) is 12.5. The van der Waals surface area contributed by atoms with E-state index in [1.54, 1.807) is 6.20 Å². The maximum atomic E-state index is 5.58. The highest BCUT2D eigenvalue weighted by Gasteiger charge is 2.34. The fourth-order valence-corrected chi connectivity index (χ4v) is 3.49. The van der Waals surface area contributed by atoms with E-state index in [0.29, 0.717) is 10.4 Å². The fraction of sp³-hybridized carbons (Fsp3) is 0.625. The number of nitrogens with one attached hydrogen (secondary N) is 1. The van der Waals surface area contributed by atoms with Crippen LogP contribution in [0.15, 0.2) is 18.3 Å². The van der Waals surface area contributed by atoms with E-state index < -0.39 is 0 Å². The molecule has 3 nitrogen and oxygen atoms in total. The van der Waals surface area contributed by atoms with Crippen LogP contribution >= 0.6 is 12.2 Å². The predicted molar refractivity (Wildman–Crippen MR) is 89.0 cm³/mol. The van der Waals surface area contributed by atoms with Crippen LogP contribution in [-0.2, 0) is 0 Å². The minimum atomic E-state index is 0.399. The van der Waals surface area contributed by atoms with Crippen molar-refractivity contribution in [1.82, 2.24) is 4.98 Å². The molecule has 1 heterocycles. The summed E-state index contributed by atoms with van der Waals surface area (Å²) in [6, 6.07) is 3.90. The van der Waals surface area contributed by atoms with Gasteiger partial charge in [-0.25, -0.2) is 4.98 Å². The number of nitrogens with zero attached hydrogens (tertiary/aromatic N) is 1.